The van der Waals surface area contributed by atoms with Crippen molar-refractivity contribution in [1.82, 2.24) is 74.5 Å². The zero-order valence-corrected chi connectivity index (χ0v) is 51.9. The molecule has 15 rings (SSSR count). The number of amides is 6. The highest BCUT2D eigenvalue weighted by molar-refractivity contribution is 5.97. The van der Waals surface area contributed by atoms with Crippen LogP contribution >= 0.6 is 0 Å². The molecule has 36 heteroatoms. The second-order valence-electron chi connectivity index (χ2n) is 22.2. The largest absolute Gasteiger partial charge is 0.479 e. The molecule has 6 aromatic heterocycles. The Hall–Kier alpha value is -11.1. The Balaban J connectivity index is 0.000000132. The number of hydrogen-bond acceptors (Lipinski definition) is 24. The van der Waals surface area contributed by atoms with Gasteiger partial charge in [0.15, 0.2) is 107 Å². The average molecular weight is 1350 g/mol. The SMILES string of the molecule is CCNC(=O)Nc1ncnc2c1ncn2C1OC(C(=O)O)C2O[C@@H](c3ccccc3)OC21.CCNC(=O)Nc1ncnc2c1ncn2C1OC(C(=O)O)C2O[C@H](/C=C/c3ccccc3)OC21.CCNC(=O)Nc1ncnc2c1ncn2C1OC(C(=O)O)C2O[C@H](c3ccccc3)OC21. The van der Waals surface area contributed by atoms with Gasteiger partial charge in [0.05, 0.1) is 19.0 Å². The van der Waals surface area contributed by atoms with Crippen LogP contribution in [0.1, 0.15) is 68.7 Å². The van der Waals surface area contributed by atoms with Crippen LogP contribution in [-0.4, -0.2) is 191 Å². The molecule has 0 bridgehead atoms. The highest BCUT2D eigenvalue weighted by Gasteiger charge is 2.59. The number of carbonyl (C=O) groups is 6. The number of anilines is 3. The second-order valence-corrected chi connectivity index (χ2v) is 22.2. The molecule has 6 amide bonds. The number of carboxylic acids is 3. The molecule has 0 spiro atoms. The number of nitrogens with one attached hydrogen (secondary N) is 6. The van der Waals surface area contributed by atoms with Crippen molar-refractivity contribution >= 4 is 93.0 Å². The molecule has 36 nitrogen and oxygen atoms in total. The van der Waals surface area contributed by atoms with Crippen molar-refractivity contribution in [3.05, 3.63) is 152 Å². The zero-order chi connectivity index (χ0) is 68.1. The summed E-state index contributed by atoms with van der Waals surface area (Å²) in [4.78, 5) is 109. The molecule has 6 aliphatic heterocycles. The van der Waals surface area contributed by atoms with Crippen molar-refractivity contribution in [3.63, 3.8) is 0 Å². The number of carbonyl (C=O) groups excluding carboxylic acids is 3. The van der Waals surface area contributed by atoms with Crippen molar-refractivity contribution < 1.29 is 86.7 Å². The maximum atomic E-state index is 11.9. The highest BCUT2D eigenvalue weighted by atomic mass is 16.8. The molecule has 6 saturated heterocycles. The molecular formula is C62H62N18O18. The number of imidazole rings is 3. The Bertz CT molecular complexity index is 4240. The molecular weight excluding hydrogens is 1280 g/mol. The first-order chi connectivity index (χ1) is 47.7. The van der Waals surface area contributed by atoms with Gasteiger partial charge in [-0.25, -0.2) is 73.6 Å². The summed E-state index contributed by atoms with van der Waals surface area (Å²) in [6.45, 7) is 6.73. The smallest absolute Gasteiger partial charge is 0.335 e. The molecule has 0 radical (unpaired) electrons. The summed E-state index contributed by atoms with van der Waals surface area (Å²) in [6, 6.07) is 26.8. The van der Waals surface area contributed by atoms with Crippen LogP contribution in [0, 0.1) is 0 Å². The molecule has 0 saturated carbocycles. The molecule has 12 unspecified atom stereocenters. The monoisotopic (exact) mass is 1350 g/mol. The summed E-state index contributed by atoms with van der Waals surface area (Å²) in [6.07, 6.45) is -1.34. The molecule has 0 aliphatic carbocycles. The van der Waals surface area contributed by atoms with E-state index in [1.165, 1.54) is 38.0 Å². The summed E-state index contributed by atoms with van der Waals surface area (Å²) >= 11 is 0. The van der Waals surface area contributed by atoms with Crippen LogP contribution in [0.5, 0.6) is 0 Å². The lowest BCUT2D eigenvalue weighted by Crippen LogP contribution is -2.34. The van der Waals surface area contributed by atoms with E-state index >= 15 is 0 Å². The summed E-state index contributed by atoms with van der Waals surface area (Å²) < 4.78 is 58.0. The number of urea groups is 3. The fourth-order valence-corrected chi connectivity index (χ4v) is 11.7. The number of fused-ring (bicyclic) bond motifs is 6. The van der Waals surface area contributed by atoms with E-state index in [-0.39, 0.29) is 17.5 Å². The number of carboxylic acid groups (broad SMARTS) is 3. The lowest BCUT2D eigenvalue weighted by molar-refractivity contribution is -0.174. The van der Waals surface area contributed by atoms with Gasteiger partial charge in [-0.15, -0.1) is 0 Å². The normalized spacial score (nSPS) is 26.5. The first-order valence-corrected chi connectivity index (χ1v) is 30.8. The average Bonchev–Trinajstić information content (AvgIpc) is 1.62. The van der Waals surface area contributed by atoms with Gasteiger partial charge in [0.25, 0.3) is 0 Å². The standard InChI is InChI=1S/C22H22N6O6.2C20H20N6O6/c1-2-23-22(31)27-18-14-19(25-10-24-18)28(11-26-14)20-16-15(17(34-20)21(29)30)32-13(33-16)9-8-12-6-4-3-5-7-12;2*1-2-21-20(29)25-15-11-16(23-8-22-15)26(9-24-11)17-13-12(14(30-17)18(27)28)31-19(32-13)10-6-4-3-5-7-10/h3-11,13,15-17,20H,2H2,1H3,(H,29,30)(H2,23,24,25,27,31);2*3-9,12-14,17,19H,2H2,1H3,(H,27,28)(H2,21,22,23,25,29)/b9-8+;;/t13-,15?,16?,17?,20?;2*12?,13?,14?,17?,19-/m010/s1. The Morgan fingerprint density at radius 3 is 1.07 bits per heavy atom. The van der Waals surface area contributed by atoms with E-state index in [1.807, 2.05) is 97.1 Å². The lowest BCUT2D eigenvalue weighted by Gasteiger charge is -2.20. The Labute approximate surface area is 553 Å². The van der Waals surface area contributed by atoms with E-state index in [1.54, 1.807) is 40.5 Å². The molecule has 6 aliphatic rings. The second kappa shape index (κ2) is 28.7. The van der Waals surface area contributed by atoms with E-state index in [2.05, 4.69) is 76.8 Å². The fourth-order valence-electron chi connectivity index (χ4n) is 11.7. The van der Waals surface area contributed by atoms with Crippen molar-refractivity contribution in [3.8, 4) is 0 Å². The quantitative estimate of drug-likeness (QED) is 0.0636. The van der Waals surface area contributed by atoms with E-state index in [4.69, 9.17) is 42.6 Å². The van der Waals surface area contributed by atoms with Crippen LogP contribution in [0.15, 0.2) is 135 Å². The van der Waals surface area contributed by atoms with Crippen molar-refractivity contribution in [2.45, 2.75) is 113 Å². The van der Waals surface area contributed by atoms with Crippen molar-refractivity contribution in [1.29, 1.82) is 0 Å². The Morgan fingerprint density at radius 1 is 0.408 bits per heavy atom. The number of ether oxygens (including phenoxy) is 9. The van der Waals surface area contributed by atoms with Gasteiger partial charge >= 0.3 is 36.0 Å². The number of aliphatic carboxylic acids is 3. The maximum absolute atomic E-state index is 11.9. The van der Waals surface area contributed by atoms with Crippen LogP contribution < -0.4 is 31.9 Å². The number of hydrogen-bond donors (Lipinski definition) is 9. The molecule has 6 fully saturated rings. The van der Waals surface area contributed by atoms with Crippen LogP contribution in [0.3, 0.4) is 0 Å². The van der Waals surface area contributed by atoms with Crippen LogP contribution in [0.2, 0.25) is 0 Å². The molecule has 3 aromatic carbocycles. The topological polar surface area (TPSA) is 449 Å². The molecule has 9 N–H and O–H groups in total. The number of nitrogens with zero attached hydrogens (tertiary/aromatic N) is 12. The highest BCUT2D eigenvalue weighted by Crippen LogP contribution is 2.47. The van der Waals surface area contributed by atoms with E-state index in [0.717, 1.165) is 16.7 Å². The van der Waals surface area contributed by atoms with Gasteiger partial charge < -0.3 is 73.9 Å². The minimum absolute atomic E-state index is 0.214. The number of rotatable bonds is 16. The first-order valence-electron chi connectivity index (χ1n) is 30.8. The Morgan fingerprint density at radius 2 is 0.724 bits per heavy atom. The minimum atomic E-state index is -1.24. The molecule has 9 aromatic rings. The molecule has 508 valence electrons. The van der Waals surface area contributed by atoms with E-state index in [9.17, 15) is 44.1 Å². The van der Waals surface area contributed by atoms with Gasteiger partial charge in [-0.2, -0.15) is 0 Å². The molecule has 15 atom stereocenters. The first kappa shape index (κ1) is 65.6. The predicted molar refractivity (Wildman–Crippen MR) is 336 cm³/mol. The van der Waals surface area contributed by atoms with Gasteiger partial charge in [0.2, 0.25) is 0 Å². The predicted octanol–water partition coefficient (Wildman–Crippen LogP) is 4.64. The number of aromatic nitrogens is 12. The number of benzene rings is 3. The third-order valence-electron chi connectivity index (χ3n) is 16.0. The fraction of sp³-hybridized carbons (Fsp3) is 0.339. The zero-order valence-electron chi connectivity index (χ0n) is 51.9. The molecule has 98 heavy (non-hydrogen) atoms. The van der Waals surface area contributed by atoms with E-state index < -0.39 is 128 Å². The van der Waals surface area contributed by atoms with Gasteiger partial charge in [0.1, 0.15) is 55.6 Å². The minimum Gasteiger partial charge on any atom is -0.479 e. The van der Waals surface area contributed by atoms with Gasteiger partial charge in [-0.1, -0.05) is 97.1 Å². The third-order valence-corrected chi connectivity index (χ3v) is 16.0. The van der Waals surface area contributed by atoms with E-state index in [0.29, 0.717) is 53.1 Å². The maximum Gasteiger partial charge on any atom is 0.335 e. The van der Waals surface area contributed by atoms with Crippen LogP contribution in [0.4, 0.5) is 31.8 Å². The Kier molecular flexibility index (Phi) is 19.2. The van der Waals surface area contributed by atoms with Gasteiger partial charge in [-0.05, 0) is 32.4 Å². The van der Waals surface area contributed by atoms with Crippen molar-refractivity contribution in [2.24, 2.45) is 0 Å². The summed E-state index contributed by atoms with van der Waals surface area (Å²) in [5.41, 5.74) is 4.55. The van der Waals surface area contributed by atoms with Crippen LogP contribution in [-0.2, 0) is 57.0 Å². The van der Waals surface area contributed by atoms with Gasteiger partial charge in [0, 0.05) is 30.8 Å². The third kappa shape index (κ3) is 13.3. The lowest BCUT2D eigenvalue weighted by atomic mass is 10.1. The van der Waals surface area contributed by atoms with Crippen molar-refractivity contribution in [2.75, 3.05) is 35.6 Å². The van der Waals surface area contributed by atoms with Crippen LogP contribution in [0.25, 0.3) is 39.6 Å². The summed E-state index contributed by atoms with van der Waals surface area (Å²) in [7, 11) is 0. The summed E-state index contributed by atoms with van der Waals surface area (Å²) in [5, 5.41) is 44.8. The molecule has 12 heterocycles. The summed E-state index contributed by atoms with van der Waals surface area (Å²) in [5.74, 6) is -2.82. The van der Waals surface area contributed by atoms with Gasteiger partial charge in [-0.3, -0.25) is 29.7 Å².